The molecule has 1 saturated carbocycles. The Labute approximate surface area is 236 Å². The predicted octanol–water partition coefficient (Wildman–Crippen LogP) is 6.24. The molecule has 2 aromatic heterocycles. The van der Waals surface area contributed by atoms with Crippen LogP contribution in [0.5, 0.6) is 0 Å². The number of carbonyl (C=O) groups excluding carboxylic acids is 2. The first-order chi connectivity index (χ1) is 19.5. The molecule has 3 heterocycles. The molecule has 1 saturated heterocycles. The highest BCUT2D eigenvalue weighted by Gasteiger charge is 2.30. The van der Waals surface area contributed by atoms with Crippen LogP contribution in [0.4, 0.5) is 15.5 Å². The van der Waals surface area contributed by atoms with Crippen LogP contribution in [-0.4, -0.2) is 44.3 Å². The minimum absolute atomic E-state index is 0.0116. The van der Waals surface area contributed by atoms with Crippen LogP contribution in [0.1, 0.15) is 66.9 Å². The van der Waals surface area contributed by atoms with Crippen molar-refractivity contribution in [3.8, 4) is 0 Å². The number of nitrogens with zero attached hydrogens (tertiary/aromatic N) is 4. The molecule has 6 rings (SSSR count). The summed E-state index contributed by atoms with van der Waals surface area (Å²) in [6.07, 6.45) is 8.50. The Bertz CT molecular complexity index is 1470. The molecule has 2 amide bonds. The Morgan fingerprint density at radius 1 is 0.975 bits per heavy atom. The van der Waals surface area contributed by atoms with Crippen molar-refractivity contribution in [2.24, 2.45) is 5.92 Å². The van der Waals surface area contributed by atoms with Gasteiger partial charge in [-0.05, 0) is 93.6 Å². The van der Waals surface area contributed by atoms with E-state index in [1.54, 1.807) is 6.20 Å². The number of rotatable bonds is 7. The molecule has 4 aromatic rings. The van der Waals surface area contributed by atoms with Crippen molar-refractivity contribution in [3.63, 3.8) is 0 Å². The molecule has 0 atom stereocenters. The maximum Gasteiger partial charge on any atom is 0.257 e. The van der Waals surface area contributed by atoms with Gasteiger partial charge in [0.1, 0.15) is 5.82 Å². The van der Waals surface area contributed by atoms with Gasteiger partial charge >= 0.3 is 0 Å². The van der Waals surface area contributed by atoms with E-state index in [0.717, 1.165) is 56.4 Å². The van der Waals surface area contributed by atoms with E-state index in [9.17, 15) is 14.0 Å². The fourth-order valence-electron chi connectivity index (χ4n) is 5.93. The van der Waals surface area contributed by atoms with Gasteiger partial charge in [-0.1, -0.05) is 12.5 Å². The van der Waals surface area contributed by atoms with Gasteiger partial charge in [0.2, 0.25) is 11.9 Å². The van der Waals surface area contributed by atoms with Crippen LogP contribution >= 0.6 is 11.3 Å². The lowest BCUT2D eigenvalue weighted by molar-refractivity contribution is -0.120. The highest BCUT2D eigenvalue weighted by Crippen LogP contribution is 2.37. The number of halogens is 1. The zero-order valence-corrected chi connectivity index (χ0v) is 23.1. The Kier molecular flexibility index (Phi) is 7.88. The first kappa shape index (κ1) is 26.6. The number of aromatic nitrogens is 3. The van der Waals surface area contributed by atoms with Gasteiger partial charge in [0, 0.05) is 35.6 Å². The molecule has 0 bridgehead atoms. The molecule has 10 heteroatoms. The highest BCUT2D eigenvalue weighted by atomic mass is 32.1. The number of amides is 2. The largest absolute Gasteiger partial charge is 0.307 e. The van der Waals surface area contributed by atoms with Gasteiger partial charge in [0.15, 0.2) is 5.13 Å². The molecule has 40 heavy (non-hydrogen) atoms. The molecule has 2 aromatic carbocycles. The molecule has 1 aliphatic heterocycles. The second-order valence-electron chi connectivity index (χ2n) is 10.8. The summed E-state index contributed by atoms with van der Waals surface area (Å²) < 4.78 is 15.6. The lowest BCUT2D eigenvalue weighted by atomic mass is 9.85. The van der Waals surface area contributed by atoms with Gasteiger partial charge in [-0.3, -0.25) is 19.8 Å². The highest BCUT2D eigenvalue weighted by molar-refractivity contribution is 7.13. The molecule has 0 spiro atoms. The quantitative estimate of drug-likeness (QED) is 0.279. The van der Waals surface area contributed by atoms with Crippen molar-refractivity contribution < 1.29 is 14.0 Å². The average molecular weight is 561 g/mol. The lowest BCUT2D eigenvalue weighted by Crippen LogP contribution is -2.29. The van der Waals surface area contributed by atoms with Crippen LogP contribution in [0.25, 0.3) is 11.0 Å². The Hall–Kier alpha value is -3.63. The van der Waals surface area contributed by atoms with Crippen LogP contribution in [0.15, 0.2) is 54.0 Å². The van der Waals surface area contributed by atoms with Crippen molar-refractivity contribution in [3.05, 3.63) is 71.0 Å². The summed E-state index contributed by atoms with van der Waals surface area (Å²) in [5.74, 6) is -0.308. The molecule has 2 N–H and O–H groups in total. The maximum absolute atomic E-state index is 13.4. The van der Waals surface area contributed by atoms with Gasteiger partial charge in [0.05, 0.1) is 11.0 Å². The van der Waals surface area contributed by atoms with E-state index in [1.165, 1.54) is 60.4 Å². The number of nitrogens with one attached hydrogen (secondary N) is 2. The molecular weight excluding hydrogens is 527 g/mol. The third kappa shape index (κ3) is 5.93. The summed E-state index contributed by atoms with van der Waals surface area (Å²) in [4.78, 5) is 37.4. The Morgan fingerprint density at radius 3 is 2.48 bits per heavy atom. The van der Waals surface area contributed by atoms with E-state index in [4.69, 9.17) is 4.98 Å². The number of piperidine rings is 1. The second kappa shape index (κ2) is 11.9. The first-order valence-electron chi connectivity index (χ1n) is 14.0. The van der Waals surface area contributed by atoms with Gasteiger partial charge in [-0.2, -0.15) is 0 Å². The number of anilines is 2. The molecule has 8 nitrogen and oxygen atoms in total. The van der Waals surface area contributed by atoms with E-state index >= 15 is 0 Å². The number of imidazole rings is 1. The van der Waals surface area contributed by atoms with E-state index in [2.05, 4.69) is 37.2 Å². The van der Waals surface area contributed by atoms with Gasteiger partial charge < -0.3 is 9.88 Å². The van der Waals surface area contributed by atoms with Gasteiger partial charge in [-0.15, -0.1) is 11.3 Å². The average Bonchev–Trinajstić information content (AvgIpc) is 3.61. The fourth-order valence-corrected chi connectivity index (χ4v) is 6.47. The van der Waals surface area contributed by atoms with E-state index in [1.807, 2.05) is 11.4 Å². The zero-order chi connectivity index (χ0) is 27.5. The summed E-state index contributed by atoms with van der Waals surface area (Å²) >= 11 is 1.42. The van der Waals surface area contributed by atoms with Crippen molar-refractivity contribution in [1.82, 2.24) is 19.4 Å². The Balaban J connectivity index is 1.26. The second-order valence-corrected chi connectivity index (χ2v) is 11.7. The molecule has 208 valence electrons. The number of likely N-dealkylation sites (tertiary alicyclic amines) is 1. The summed E-state index contributed by atoms with van der Waals surface area (Å²) in [5, 5.41) is 8.40. The predicted molar refractivity (Wildman–Crippen MR) is 155 cm³/mol. The lowest BCUT2D eigenvalue weighted by Gasteiger charge is -2.30. The fraction of sp³-hybridized carbons (Fsp3) is 0.400. The number of thiazole rings is 1. The molecule has 2 aliphatic rings. The van der Waals surface area contributed by atoms with E-state index < -0.39 is 0 Å². The maximum atomic E-state index is 13.4. The third-order valence-corrected chi connectivity index (χ3v) is 8.72. The molecule has 1 aliphatic carbocycles. The van der Waals surface area contributed by atoms with Crippen LogP contribution in [0.2, 0.25) is 0 Å². The van der Waals surface area contributed by atoms with Crippen LogP contribution in [0, 0.1) is 11.7 Å². The summed E-state index contributed by atoms with van der Waals surface area (Å²) in [6, 6.07) is 12.0. The minimum Gasteiger partial charge on any atom is -0.307 e. The first-order valence-corrected chi connectivity index (χ1v) is 14.9. The van der Waals surface area contributed by atoms with Crippen molar-refractivity contribution in [1.29, 1.82) is 0 Å². The normalized spacial score (nSPS) is 19.9. The zero-order valence-electron chi connectivity index (χ0n) is 22.3. The minimum atomic E-state index is -0.388. The van der Waals surface area contributed by atoms with Crippen LogP contribution in [0.3, 0.4) is 0 Å². The summed E-state index contributed by atoms with van der Waals surface area (Å²) in [7, 11) is 0. The van der Waals surface area contributed by atoms with Crippen molar-refractivity contribution in [2.45, 2.75) is 57.5 Å². The molecule has 0 unspecified atom stereocenters. The summed E-state index contributed by atoms with van der Waals surface area (Å²) in [6.45, 7) is 3.12. The Morgan fingerprint density at radius 2 is 1.75 bits per heavy atom. The standard InChI is InChI=1S/C30H33FN6O2S/c31-23-9-5-21(6-10-23)27(38)34-29-33-25-13-4-20(19-36-15-2-1-3-16-36)18-26(25)37(29)24-11-7-22(8-12-24)28(39)35-30-32-14-17-40-30/h4-6,9-10,13-14,17-18,22,24H,1-3,7-8,11-12,15-16,19H2,(H,32,35,39)(H,33,34,38). The third-order valence-electron chi connectivity index (χ3n) is 8.04. The number of hydrogen-bond donors (Lipinski definition) is 2. The van der Waals surface area contributed by atoms with E-state index in [-0.39, 0.29) is 29.6 Å². The van der Waals surface area contributed by atoms with E-state index in [0.29, 0.717) is 16.6 Å². The topological polar surface area (TPSA) is 92.2 Å². The van der Waals surface area contributed by atoms with Gasteiger partial charge in [0.25, 0.3) is 5.91 Å². The monoisotopic (exact) mass is 560 g/mol. The van der Waals surface area contributed by atoms with Crippen molar-refractivity contribution in [2.75, 3.05) is 23.7 Å². The van der Waals surface area contributed by atoms with Crippen molar-refractivity contribution >= 4 is 45.3 Å². The molecular formula is C30H33FN6O2S. The van der Waals surface area contributed by atoms with Gasteiger partial charge in [-0.25, -0.2) is 14.4 Å². The SMILES string of the molecule is O=C(Nc1nc2ccc(CN3CCCCC3)cc2n1C1CCC(C(=O)Nc2nccs2)CC1)c1ccc(F)cc1. The number of carbonyl (C=O) groups is 2. The number of hydrogen-bond acceptors (Lipinski definition) is 6. The summed E-state index contributed by atoms with van der Waals surface area (Å²) in [5.41, 5.74) is 3.40. The molecule has 0 radical (unpaired) electrons. The van der Waals surface area contributed by atoms with Crippen LogP contribution < -0.4 is 10.6 Å². The van der Waals surface area contributed by atoms with Crippen LogP contribution in [-0.2, 0) is 11.3 Å². The molecule has 2 fully saturated rings. The smallest absolute Gasteiger partial charge is 0.257 e. The number of benzene rings is 2. The number of fused-ring (bicyclic) bond motifs is 1.